The molecule has 0 radical (unpaired) electrons. The Labute approximate surface area is 71.2 Å². The van der Waals surface area contributed by atoms with Crippen molar-refractivity contribution < 1.29 is 5.11 Å². The number of aliphatic hydroxyl groups is 1. The normalized spacial score (nSPS) is 9.75. The SMILES string of the molecule is N.N#C/C(=C/O)c1ccccc1. The van der Waals surface area contributed by atoms with E-state index in [4.69, 9.17) is 10.4 Å². The first kappa shape index (κ1) is 10.2. The Bertz CT molecular complexity index is 298. The van der Waals surface area contributed by atoms with Gasteiger partial charge in [-0.1, -0.05) is 30.3 Å². The van der Waals surface area contributed by atoms with Crippen molar-refractivity contribution in [3.8, 4) is 6.07 Å². The van der Waals surface area contributed by atoms with Crippen molar-refractivity contribution in [2.24, 2.45) is 0 Å². The number of benzene rings is 1. The van der Waals surface area contributed by atoms with Crippen LogP contribution in [0.5, 0.6) is 0 Å². The number of rotatable bonds is 1. The van der Waals surface area contributed by atoms with E-state index in [0.29, 0.717) is 0 Å². The molecule has 0 amide bonds. The molecule has 4 N–H and O–H groups in total. The van der Waals surface area contributed by atoms with Gasteiger partial charge < -0.3 is 11.3 Å². The lowest BCUT2D eigenvalue weighted by molar-refractivity contribution is 0.476. The molecule has 0 aromatic heterocycles. The number of nitrogens with zero attached hydrogens (tertiary/aromatic N) is 1. The Kier molecular flexibility index (Phi) is 4.20. The highest BCUT2D eigenvalue weighted by Gasteiger charge is 1.96. The molecule has 12 heavy (non-hydrogen) atoms. The topological polar surface area (TPSA) is 79.0 Å². The molecule has 0 heterocycles. The highest BCUT2D eigenvalue weighted by Crippen LogP contribution is 2.10. The van der Waals surface area contributed by atoms with E-state index in [0.717, 1.165) is 11.8 Å². The van der Waals surface area contributed by atoms with Crippen molar-refractivity contribution in [2.75, 3.05) is 0 Å². The summed E-state index contributed by atoms with van der Waals surface area (Å²) in [6, 6.07) is 10.9. The van der Waals surface area contributed by atoms with Gasteiger partial charge in [0, 0.05) is 0 Å². The van der Waals surface area contributed by atoms with E-state index in [1.54, 1.807) is 12.1 Å². The van der Waals surface area contributed by atoms with E-state index < -0.39 is 0 Å². The zero-order chi connectivity index (χ0) is 8.10. The van der Waals surface area contributed by atoms with Crippen molar-refractivity contribution in [3.05, 3.63) is 42.2 Å². The van der Waals surface area contributed by atoms with Crippen LogP contribution in [0.2, 0.25) is 0 Å². The minimum absolute atomic E-state index is 0. The monoisotopic (exact) mass is 162 g/mol. The van der Waals surface area contributed by atoms with Gasteiger partial charge in [0.15, 0.2) is 0 Å². The van der Waals surface area contributed by atoms with Gasteiger partial charge in [-0.15, -0.1) is 0 Å². The molecule has 0 fully saturated rings. The molecule has 3 nitrogen and oxygen atoms in total. The van der Waals surface area contributed by atoms with Gasteiger partial charge in [0.05, 0.1) is 11.8 Å². The van der Waals surface area contributed by atoms with Crippen molar-refractivity contribution in [1.29, 1.82) is 5.26 Å². The summed E-state index contributed by atoms with van der Waals surface area (Å²) in [5.41, 5.74) is 1.02. The fourth-order valence-corrected chi connectivity index (χ4v) is 0.786. The molecule has 0 aliphatic carbocycles. The Balaban J connectivity index is 0.00000121. The van der Waals surface area contributed by atoms with Gasteiger partial charge in [-0.25, -0.2) is 0 Å². The molecule has 1 aromatic carbocycles. The molecule has 0 spiro atoms. The van der Waals surface area contributed by atoms with E-state index >= 15 is 0 Å². The number of hydrogen-bond donors (Lipinski definition) is 2. The van der Waals surface area contributed by atoms with Crippen molar-refractivity contribution in [1.82, 2.24) is 6.15 Å². The average Bonchev–Trinajstić information content (AvgIpc) is 2.09. The predicted octanol–water partition coefficient (Wildman–Crippen LogP) is 2.27. The van der Waals surface area contributed by atoms with Gasteiger partial charge >= 0.3 is 0 Å². The summed E-state index contributed by atoms with van der Waals surface area (Å²) in [5, 5.41) is 17.1. The van der Waals surface area contributed by atoms with Crippen LogP contribution in [0.25, 0.3) is 5.57 Å². The number of hydrogen-bond acceptors (Lipinski definition) is 3. The third kappa shape index (κ3) is 2.11. The fraction of sp³-hybridized carbons (Fsp3) is 0. The molecule has 0 saturated heterocycles. The summed E-state index contributed by atoms with van der Waals surface area (Å²) in [5.74, 6) is 0. The van der Waals surface area contributed by atoms with Crippen molar-refractivity contribution >= 4 is 5.57 Å². The molecule has 3 heteroatoms. The zero-order valence-corrected chi connectivity index (χ0v) is 6.57. The molecular formula is C9H10N2O. The smallest absolute Gasteiger partial charge is 0.103 e. The first-order chi connectivity index (χ1) is 5.38. The van der Waals surface area contributed by atoms with Crippen LogP contribution in [-0.2, 0) is 0 Å². The Hall–Kier alpha value is -1.79. The maximum Gasteiger partial charge on any atom is 0.103 e. The minimum Gasteiger partial charge on any atom is -0.514 e. The van der Waals surface area contributed by atoms with Crippen LogP contribution in [-0.4, -0.2) is 5.11 Å². The second-order valence-electron chi connectivity index (χ2n) is 2.02. The van der Waals surface area contributed by atoms with E-state index in [1.165, 1.54) is 0 Å². The van der Waals surface area contributed by atoms with E-state index in [-0.39, 0.29) is 11.7 Å². The highest BCUT2D eigenvalue weighted by atomic mass is 16.2. The summed E-state index contributed by atoms with van der Waals surface area (Å²) in [6.07, 6.45) is 0.815. The van der Waals surface area contributed by atoms with Gasteiger partial charge in [0.2, 0.25) is 0 Å². The summed E-state index contributed by atoms with van der Waals surface area (Å²) in [6.45, 7) is 0. The van der Waals surface area contributed by atoms with Crippen LogP contribution in [0.4, 0.5) is 0 Å². The van der Waals surface area contributed by atoms with Gasteiger partial charge in [-0.05, 0) is 5.56 Å². The van der Waals surface area contributed by atoms with Crippen molar-refractivity contribution in [3.63, 3.8) is 0 Å². The van der Waals surface area contributed by atoms with Gasteiger partial charge in [-0.2, -0.15) is 5.26 Å². The molecular weight excluding hydrogens is 152 g/mol. The number of allylic oxidation sites excluding steroid dienone is 1. The lowest BCUT2D eigenvalue weighted by atomic mass is 10.1. The maximum atomic E-state index is 8.59. The zero-order valence-electron chi connectivity index (χ0n) is 6.57. The number of aliphatic hydroxyl groups excluding tert-OH is 1. The fourth-order valence-electron chi connectivity index (χ4n) is 0.786. The summed E-state index contributed by atoms with van der Waals surface area (Å²) >= 11 is 0. The third-order valence-electron chi connectivity index (χ3n) is 1.33. The average molecular weight is 162 g/mol. The molecule has 0 saturated carbocycles. The Morgan fingerprint density at radius 2 is 1.92 bits per heavy atom. The van der Waals surface area contributed by atoms with E-state index in [9.17, 15) is 0 Å². The lowest BCUT2D eigenvalue weighted by Crippen LogP contribution is -1.78. The van der Waals surface area contributed by atoms with Crippen LogP contribution < -0.4 is 6.15 Å². The van der Waals surface area contributed by atoms with Crippen LogP contribution in [0.1, 0.15) is 5.56 Å². The number of nitriles is 1. The summed E-state index contributed by atoms with van der Waals surface area (Å²) in [4.78, 5) is 0. The van der Waals surface area contributed by atoms with Gasteiger partial charge in [-0.3, -0.25) is 0 Å². The van der Waals surface area contributed by atoms with Crippen LogP contribution in [0, 0.1) is 11.3 Å². The standard InChI is InChI=1S/C9H7NO.H3N/c10-6-9(7-11)8-4-2-1-3-5-8;/h1-5,7,11H;1H3/b9-7-;. The van der Waals surface area contributed by atoms with E-state index in [1.807, 2.05) is 24.3 Å². The van der Waals surface area contributed by atoms with Crippen LogP contribution >= 0.6 is 0 Å². The van der Waals surface area contributed by atoms with Crippen molar-refractivity contribution in [2.45, 2.75) is 0 Å². The molecule has 0 unspecified atom stereocenters. The summed E-state index contributed by atoms with van der Waals surface area (Å²) in [7, 11) is 0. The molecule has 0 atom stereocenters. The van der Waals surface area contributed by atoms with Gasteiger partial charge in [0.25, 0.3) is 0 Å². The molecule has 0 bridgehead atoms. The first-order valence-corrected chi connectivity index (χ1v) is 3.18. The Morgan fingerprint density at radius 1 is 1.33 bits per heavy atom. The molecule has 62 valence electrons. The van der Waals surface area contributed by atoms with Crippen LogP contribution in [0.3, 0.4) is 0 Å². The highest BCUT2D eigenvalue weighted by molar-refractivity contribution is 5.75. The molecule has 1 aromatic rings. The second kappa shape index (κ2) is 4.94. The Morgan fingerprint density at radius 3 is 2.33 bits per heavy atom. The quantitative estimate of drug-likeness (QED) is 0.491. The molecule has 1 rings (SSSR count). The summed E-state index contributed by atoms with van der Waals surface area (Å²) < 4.78 is 0. The largest absolute Gasteiger partial charge is 0.514 e. The van der Waals surface area contributed by atoms with E-state index in [2.05, 4.69) is 0 Å². The molecule has 0 aliphatic rings. The second-order valence-corrected chi connectivity index (χ2v) is 2.02. The first-order valence-electron chi connectivity index (χ1n) is 3.18. The maximum absolute atomic E-state index is 8.59. The minimum atomic E-state index is 0. The van der Waals surface area contributed by atoms with Gasteiger partial charge in [0.1, 0.15) is 6.07 Å². The molecule has 0 aliphatic heterocycles. The lowest BCUT2D eigenvalue weighted by Gasteiger charge is -1.93. The van der Waals surface area contributed by atoms with Crippen LogP contribution in [0.15, 0.2) is 36.6 Å². The third-order valence-corrected chi connectivity index (χ3v) is 1.33. The predicted molar refractivity (Wildman–Crippen MR) is 47.7 cm³/mol.